The third-order valence-corrected chi connectivity index (χ3v) is 3.02. The molecule has 1 aliphatic rings. The van der Waals surface area contributed by atoms with E-state index in [-0.39, 0.29) is 6.10 Å². The maximum absolute atomic E-state index is 10.5. The molecule has 5 heteroatoms. The summed E-state index contributed by atoms with van der Waals surface area (Å²) in [6, 6.07) is 1.46. The zero-order chi connectivity index (χ0) is 11.5. The Balaban J connectivity index is 2.02. The summed E-state index contributed by atoms with van der Waals surface area (Å²) < 4.78 is 2.08. The van der Waals surface area contributed by atoms with Gasteiger partial charge in [0.05, 0.1) is 6.10 Å². The van der Waals surface area contributed by atoms with E-state index in [1.807, 2.05) is 12.3 Å². The highest BCUT2D eigenvalue weighted by molar-refractivity contribution is 5.71. The van der Waals surface area contributed by atoms with Gasteiger partial charge in [-0.25, -0.2) is 4.79 Å². The van der Waals surface area contributed by atoms with Gasteiger partial charge in [0.25, 0.3) is 0 Å². The van der Waals surface area contributed by atoms with Crippen molar-refractivity contribution in [2.75, 3.05) is 6.54 Å². The number of fused-ring (bicyclic) bond motifs is 1. The molecule has 0 aromatic carbocycles. The third kappa shape index (κ3) is 2.19. The fraction of sp³-hybridized carbons (Fsp3) is 0.545. The van der Waals surface area contributed by atoms with Crippen molar-refractivity contribution in [1.82, 2.24) is 9.88 Å². The average molecular weight is 223 g/mol. The Bertz CT molecular complexity index is 387. The summed E-state index contributed by atoms with van der Waals surface area (Å²) >= 11 is 0. The molecular weight excluding hydrogens is 206 g/mol. The normalized spacial score (nSPS) is 19.2. The van der Waals surface area contributed by atoms with Crippen LogP contribution < -0.4 is 11.1 Å². The number of aliphatic hydroxyl groups is 1. The number of aliphatic hydroxyl groups excluding tert-OH is 1. The topological polar surface area (TPSA) is 80.3 Å². The first-order chi connectivity index (χ1) is 7.68. The van der Waals surface area contributed by atoms with Crippen LogP contribution in [0.2, 0.25) is 0 Å². The van der Waals surface area contributed by atoms with Gasteiger partial charge in [0.15, 0.2) is 0 Å². The Kier molecular flexibility index (Phi) is 3.14. The fourth-order valence-corrected chi connectivity index (χ4v) is 2.24. The number of carbonyl (C=O) groups excluding carboxylic acids is 1. The first-order valence-corrected chi connectivity index (χ1v) is 5.58. The zero-order valence-electron chi connectivity index (χ0n) is 9.15. The van der Waals surface area contributed by atoms with Gasteiger partial charge < -0.3 is 20.7 Å². The molecule has 1 aromatic rings. The quantitative estimate of drug-likeness (QED) is 0.698. The number of primary amides is 1. The van der Waals surface area contributed by atoms with Crippen molar-refractivity contribution in [3.05, 3.63) is 23.5 Å². The van der Waals surface area contributed by atoms with Gasteiger partial charge in [-0.3, -0.25) is 0 Å². The van der Waals surface area contributed by atoms with Gasteiger partial charge in [-0.15, -0.1) is 0 Å². The van der Waals surface area contributed by atoms with Crippen molar-refractivity contribution in [3.63, 3.8) is 0 Å². The standard InChI is InChI=1S/C11H17N3O2/c12-11(16)13-5-7-14-6-4-8-9(14)2-1-3-10(8)15/h4,6,10,15H,1-3,5,7H2,(H3,12,13,16). The highest BCUT2D eigenvalue weighted by atomic mass is 16.3. The summed E-state index contributed by atoms with van der Waals surface area (Å²) in [6.07, 6.45) is 4.49. The SMILES string of the molecule is NC(=O)NCCn1ccc2c1CCCC2O. The Morgan fingerprint density at radius 1 is 1.69 bits per heavy atom. The van der Waals surface area contributed by atoms with E-state index < -0.39 is 6.03 Å². The second-order valence-electron chi connectivity index (χ2n) is 4.11. The number of aromatic nitrogens is 1. The van der Waals surface area contributed by atoms with Gasteiger partial charge in [0.1, 0.15) is 0 Å². The largest absolute Gasteiger partial charge is 0.388 e. The van der Waals surface area contributed by atoms with Gasteiger partial charge in [-0.2, -0.15) is 0 Å². The smallest absolute Gasteiger partial charge is 0.312 e. The zero-order valence-corrected chi connectivity index (χ0v) is 9.15. The molecule has 16 heavy (non-hydrogen) atoms. The van der Waals surface area contributed by atoms with Gasteiger partial charge in [0, 0.05) is 30.5 Å². The van der Waals surface area contributed by atoms with Crippen LogP contribution in [-0.2, 0) is 13.0 Å². The summed E-state index contributed by atoms with van der Waals surface area (Å²) in [5, 5.41) is 12.3. The molecule has 0 spiro atoms. The van der Waals surface area contributed by atoms with Crippen LogP contribution in [0.15, 0.2) is 12.3 Å². The van der Waals surface area contributed by atoms with Crippen molar-refractivity contribution >= 4 is 6.03 Å². The number of nitrogens with two attached hydrogens (primary N) is 1. The predicted molar refractivity (Wildman–Crippen MR) is 59.9 cm³/mol. The second-order valence-corrected chi connectivity index (χ2v) is 4.11. The fourth-order valence-electron chi connectivity index (χ4n) is 2.24. The van der Waals surface area contributed by atoms with E-state index in [9.17, 15) is 9.90 Å². The van der Waals surface area contributed by atoms with Gasteiger partial charge in [-0.05, 0) is 25.3 Å². The van der Waals surface area contributed by atoms with E-state index in [4.69, 9.17) is 5.73 Å². The molecule has 4 N–H and O–H groups in total. The third-order valence-electron chi connectivity index (χ3n) is 3.02. The molecule has 1 unspecified atom stereocenters. The molecule has 1 atom stereocenters. The van der Waals surface area contributed by atoms with E-state index in [0.29, 0.717) is 13.1 Å². The molecule has 0 radical (unpaired) electrons. The number of nitrogens with zero attached hydrogens (tertiary/aromatic N) is 1. The molecule has 1 heterocycles. The maximum Gasteiger partial charge on any atom is 0.312 e. The van der Waals surface area contributed by atoms with Crippen molar-refractivity contribution in [2.24, 2.45) is 5.73 Å². The molecule has 0 saturated heterocycles. The molecule has 0 saturated carbocycles. The maximum atomic E-state index is 10.5. The molecule has 88 valence electrons. The molecule has 2 rings (SSSR count). The highest BCUT2D eigenvalue weighted by Gasteiger charge is 2.20. The van der Waals surface area contributed by atoms with Crippen LogP contribution in [0.5, 0.6) is 0 Å². The lowest BCUT2D eigenvalue weighted by Gasteiger charge is -2.20. The molecule has 0 aliphatic heterocycles. The number of urea groups is 1. The summed E-state index contributed by atoms with van der Waals surface area (Å²) in [4.78, 5) is 10.5. The van der Waals surface area contributed by atoms with E-state index in [1.54, 1.807) is 0 Å². The highest BCUT2D eigenvalue weighted by Crippen LogP contribution is 2.30. The van der Waals surface area contributed by atoms with Gasteiger partial charge in [0.2, 0.25) is 0 Å². The van der Waals surface area contributed by atoms with E-state index in [0.717, 1.165) is 24.8 Å². The van der Waals surface area contributed by atoms with Crippen LogP contribution in [0.4, 0.5) is 4.79 Å². The molecule has 2 amide bonds. The first kappa shape index (κ1) is 11.0. The predicted octanol–water partition coefficient (Wildman–Crippen LogP) is 0.526. The molecule has 5 nitrogen and oxygen atoms in total. The van der Waals surface area contributed by atoms with E-state index >= 15 is 0 Å². The van der Waals surface area contributed by atoms with Crippen LogP contribution in [0.25, 0.3) is 0 Å². The van der Waals surface area contributed by atoms with Crippen molar-refractivity contribution in [3.8, 4) is 0 Å². The molecular formula is C11H17N3O2. The Hall–Kier alpha value is -1.49. The van der Waals surface area contributed by atoms with Gasteiger partial charge >= 0.3 is 6.03 Å². The van der Waals surface area contributed by atoms with Crippen LogP contribution in [0, 0.1) is 0 Å². The van der Waals surface area contributed by atoms with Crippen molar-refractivity contribution in [2.45, 2.75) is 31.9 Å². The average Bonchev–Trinajstić information content (AvgIpc) is 2.63. The minimum atomic E-state index is -0.499. The van der Waals surface area contributed by atoms with E-state index in [2.05, 4.69) is 9.88 Å². The number of hydrogen-bond donors (Lipinski definition) is 3. The lowest BCUT2D eigenvalue weighted by molar-refractivity contribution is 0.155. The Morgan fingerprint density at radius 3 is 3.25 bits per heavy atom. The minimum Gasteiger partial charge on any atom is -0.388 e. The van der Waals surface area contributed by atoms with Gasteiger partial charge in [-0.1, -0.05) is 0 Å². The molecule has 0 bridgehead atoms. The monoisotopic (exact) mass is 223 g/mol. The summed E-state index contributed by atoms with van der Waals surface area (Å²) in [7, 11) is 0. The van der Waals surface area contributed by atoms with Crippen LogP contribution in [-0.4, -0.2) is 22.2 Å². The van der Waals surface area contributed by atoms with Crippen molar-refractivity contribution in [1.29, 1.82) is 0 Å². The summed E-state index contributed by atoms with van der Waals surface area (Å²) in [6.45, 7) is 1.22. The number of carbonyl (C=O) groups is 1. The number of amides is 2. The lowest BCUT2D eigenvalue weighted by Crippen LogP contribution is -2.32. The van der Waals surface area contributed by atoms with Crippen LogP contribution in [0.3, 0.4) is 0 Å². The number of rotatable bonds is 3. The lowest BCUT2D eigenvalue weighted by atomic mass is 9.95. The molecule has 0 fully saturated rings. The Morgan fingerprint density at radius 2 is 2.50 bits per heavy atom. The van der Waals surface area contributed by atoms with Crippen LogP contribution in [0.1, 0.15) is 30.2 Å². The second kappa shape index (κ2) is 4.57. The first-order valence-electron chi connectivity index (χ1n) is 5.58. The molecule has 1 aromatic heterocycles. The van der Waals surface area contributed by atoms with Crippen molar-refractivity contribution < 1.29 is 9.90 Å². The van der Waals surface area contributed by atoms with E-state index in [1.165, 1.54) is 5.69 Å². The summed E-state index contributed by atoms with van der Waals surface area (Å²) in [5.41, 5.74) is 7.21. The Labute approximate surface area is 94.2 Å². The van der Waals surface area contributed by atoms with Crippen LogP contribution >= 0.6 is 0 Å². The number of nitrogens with one attached hydrogen (secondary N) is 1. The molecule has 1 aliphatic carbocycles. The number of hydrogen-bond acceptors (Lipinski definition) is 2. The minimum absolute atomic E-state index is 0.325. The summed E-state index contributed by atoms with van der Waals surface area (Å²) in [5.74, 6) is 0.